The molecule has 0 radical (unpaired) electrons. The van der Waals surface area contributed by atoms with Crippen molar-refractivity contribution in [3.63, 3.8) is 0 Å². The first kappa shape index (κ1) is 15.1. The highest BCUT2D eigenvalue weighted by Crippen LogP contribution is 2.38. The summed E-state index contributed by atoms with van der Waals surface area (Å²) in [6, 6.07) is 2.59. The zero-order valence-corrected chi connectivity index (χ0v) is 13.3. The average molecular weight is 276 g/mol. The second-order valence-electron chi connectivity index (χ2n) is 6.58. The molecule has 2 N–H and O–H groups in total. The summed E-state index contributed by atoms with van der Waals surface area (Å²) in [4.78, 5) is 9.14. The van der Waals surface area contributed by atoms with E-state index >= 15 is 0 Å². The molecule has 1 fully saturated rings. The Morgan fingerprint density at radius 2 is 2.00 bits per heavy atom. The summed E-state index contributed by atoms with van der Waals surface area (Å²) >= 11 is 0. The van der Waals surface area contributed by atoms with Crippen molar-refractivity contribution >= 4 is 11.6 Å². The van der Waals surface area contributed by atoms with Crippen LogP contribution in [0.4, 0.5) is 11.6 Å². The van der Waals surface area contributed by atoms with Crippen molar-refractivity contribution in [1.29, 1.82) is 0 Å². The quantitative estimate of drug-likeness (QED) is 0.828. The first-order valence-electron chi connectivity index (χ1n) is 7.91. The molecule has 112 valence electrons. The summed E-state index contributed by atoms with van der Waals surface area (Å²) in [7, 11) is 0. The maximum atomic E-state index is 4.61. The number of hydrogen-bond donors (Lipinski definition) is 2. The van der Waals surface area contributed by atoms with Crippen molar-refractivity contribution in [3.8, 4) is 0 Å². The maximum Gasteiger partial charge on any atom is 0.132 e. The van der Waals surface area contributed by atoms with Crippen LogP contribution in [-0.4, -0.2) is 22.6 Å². The molecule has 20 heavy (non-hydrogen) atoms. The normalized spacial score (nSPS) is 20.9. The average Bonchev–Trinajstić information content (AvgIpc) is 2.75. The van der Waals surface area contributed by atoms with Gasteiger partial charge in [-0.05, 0) is 31.1 Å². The lowest BCUT2D eigenvalue weighted by atomic mass is 9.92. The largest absolute Gasteiger partial charge is 0.370 e. The highest BCUT2D eigenvalue weighted by molar-refractivity contribution is 5.48. The predicted octanol–water partition coefficient (Wildman–Crippen LogP) is 3.85. The molecule has 1 aromatic rings. The number of nitrogens with one attached hydrogen (secondary N) is 2. The molecule has 4 nitrogen and oxygen atoms in total. The predicted molar refractivity (Wildman–Crippen MR) is 85.2 cm³/mol. The Kier molecular flexibility index (Phi) is 4.84. The first-order chi connectivity index (χ1) is 9.52. The van der Waals surface area contributed by atoms with Crippen LogP contribution in [-0.2, 0) is 6.42 Å². The number of hydrogen-bond acceptors (Lipinski definition) is 4. The SMILES string of the molecule is CCCNc1cc(NC2CCC(C)(C)C2)nc(CC)n1. The van der Waals surface area contributed by atoms with E-state index in [1.54, 1.807) is 0 Å². The van der Waals surface area contributed by atoms with E-state index in [2.05, 4.69) is 48.3 Å². The topological polar surface area (TPSA) is 49.8 Å². The molecule has 4 heteroatoms. The van der Waals surface area contributed by atoms with Gasteiger partial charge in [0, 0.05) is 25.1 Å². The van der Waals surface area contributed by atoms with Gasteiger partial charge in [0.2, 0.25) is 0 Å². The molecule has 1 heterocycles. The third-order valence-electron chi connectivity index (χ3n) is 3.97. The number of aryl methyl sites for hydroxylation is 1. The molecule has 1 aliphatic rings. The number of nitrogens with zero attached hydrogens (tertiary/aromatic N) is 2. The molecule has 1 atom stereocenters. The Balaban J connectivity index is 2.06. The van der Waals surface area contributed by atoms with Crippen LogP contribution >= 0.6 is 0 Å². The molecular formula is C16H28N4. The maximum absolute atomic E-state index is 4.61. The van der Waals surface area contributed by atoms with Crippen LogP contribution in [0.25, 0.3) is 0 Å². The summed E-state index contributed by atoms with van der Waals surface area (Å²) in [6.45, 7) is 9.91. The molecule has 1 aromatic heterocycles. The highest BCUT2D eigenvalue weighted by Gasteiger charge is 2.30. The molecular weight excluding hydrogens is 248 g/mol. The smallest absolute Gasteiger partial charge is 0.132 e. The van der Waals surface area contributed by atoms with Gasteiger partial charge in [-0.15, -0.1) is 0 Å². The van der Waals surface area contributed by atoms with Crippen molar-refractivity contribution < 1.29 is 0 Å². The Morgan fingerprint density at radius 3 is 2.60 bits per heavy atom. The van der Waals surface area contributed by atoms with E-state index in [0.717, 1.165) is 36.8 Å². The minimum atomic E-state index is 0.460. The molecule has 1 unspecified atom stereocenters. The molecule has 0 spiro atoms. The van der Waals surface area contributed by atoms with E-state index in [1.165, 1.54) is 19.3 Å². The van der Waals surface area contributed by atoms with Crippen LogP contribution in [0.15, 0.2) is 6.07 Å². The van der Waals surface area contributed by atoms with Gasteiger partial charge in [-0.25, -0.2) is 9.97 Å². The first-order valence-corrected chi connectivity index (χ1v) is 7.91. The second-order valence-corrected chi connectivity index (χ2v) is 6.58. The van der Waals surface area contributed by atoms with E-state index in [-0.39, 0.29) is 0 Å². The van der Waals surface area contributed by atoms with Gasteiger partial charge in [-0.3, -0.25) is 0 Å². The summed E-state index contributed by atoms with van der Waals surface area (Å²) < 4.78 is 0. The molecule has 1 aliphatic carbocycles. The Bertz CT molecular complexity index is 442. The summed E-state index contributed by atoms with van der Waals surface area (Å²) in [5.41, 5.74) is 0.460. The standard InChI is InChI=1S/C16H28N4/c1-5-9-17-14-10-15(20-13(6-2)19-14)18-12-7-8-16(3,4)11-12/h10,12H,5-9,11H2,1-4H3,(H2,17,18,19,20). The lowest BCUT2D eigenvalue weighted by Gasteiger charge is -2.18. The number of aromatic nitrogens is 2. The van der Waals surface area contributed by atoms with Crippen molar-refractivity contribution in [2.75, 3.05) is 17.2 Å². The van der Waals surface area contributed by atoms with Crippen LogP contribution in [0.2, 0.25) is 0 Å². The fourth-order valence-electron chi connectivity index (χ4n) is 2.84. The number of anilines is 2. The molecule has 0 aliphatic heterocycles. The molecule has 0 saturated heterocycles. The van der Waals surface area contributed by atoms with Gasteiger partial charge in [0.1, 0.15) is 17.5 Å². The van der Waals surface area contributed by atoms with E-state index in [0.29, 0.717) is 11.5 Å². The van der Waals surface area contributed by atoms with Gasteiger partial charge >= 0.3 is 0 Å². The Morgan fingerprint density at radius 1 is 1.25 bits per heavy atom. The van der Waals surface area contributed by atoms with Crippen molar-refractivity contribution in [3.05, 3.63) is 11.9 Å². The van der Waals surface area contributed by atoms with Crippen molar-refractivity contribution in [2.24, 2.45) is 5.41 Å². The summed E-state index contributed by atoms with van der Waals surface area (Å²) in [5, 5.41) is 6.96. The third-order valence-corrected chi connectivity index (χ3v) is 3.97. The minimum Gasteiger partial charge on any atom is -0.370 e. The van der Waals surface area contributed by atoms with Gasteiger partial charge in [0.25, 0.3) is 0 Å². The van der Waals surface area contributed by atoms with E-state index < -0.39 is 0 Å². The van der Waals surface area contributed by atoms with Gasteiger partial charge in [0.15, 0.2) is 0 Å². The van der Waals surface area contributed by atoms with Crippen LogP contribution in [0.3, 0.4) is 0 Å². The van der Waals surface area contributed by atoms with Crippen LogP contribution in [0.5, 0.6) is 0 Å². The lowest BCUT2D eigenvalue weighted by molar-refractivity contribution is 0.378. The monoisotopic (exact) mass is 276 g/mol. The molecule has 2 rings (SSSR count). The zero-order valence-electron chi connectivity index (χ0n) is 13.3. The Labute approximate surface area is 122 Å². The molecule has 1 saturated carbocycles. The van der Waals surface area contributed by atoms with Crippen LogP contribution < -0.4 is 10.6 Å². The lowest BCUT2D eigenvalue weighted by Crippen LogP contribution is -2.19. The molecule has 0 aromatic carbocycles. The van der Waals surface area contributed by atoms with E-state index in [4.69, 9.17) is 0 Å². The third kappa shape index (κ3) is 4.09. The fraction of sp³-hybridized carbons (Fsp3) is 0.750. The highest BCUT2D eigenvalue weighted by atomic mass is 15.1. The summed E-state index contributed by atoms with van der Waals surface area (Å²) in [6.07, 6.45) is 5.71. The molecule has 0 amide bonds. The van der Waals surface area contributed by atoms with Crippen molar-refractivity contribution in [1.82, 2.24) is 9.97 Å². The van der Waals surface area contributed by atoms with Gasteiger partial charge < -0.3 is 10.6 Å². The Hall–Kier alpha value is -1.32. The number of rotatable bonds is 6. The van der Waals surface area contributed by atoms with E-state index in [9.17, 15) is 0 Å². The minimum absolute atomic E-state index is 0.460. The second kappa shape index (κ2) is 6.42. The van der Waals surface area contributed by atoms with Crippen molar-refractivity contribution in [2.45, 2.75) is 65.8 Å². The van der Waals surface area contributed by atoms with Gasteiger partial charge in [0.05, 0.1) is 0 Å². The fourth-order valence-corrected chi connectivity index (χ4v) is 2.84. The summed E-state index contributed by atoms with van der Waals surface area (Å²) in [5.74, 6) is 2.82. The van der Waals surface area contributed by atoms with Gasteiger partial charge in [-0.1, -0.05) is 27.7 Å². The van der Waals surface area contributed by atoms with E-state index in [1.807, 2.05) is 6.07 Å². The molecule has 0 bridgehead atoms. The van der Waals surface area contributed by atoms with Crippen LogP contribution in [0.1, 0.15) is 59.2 Å². The van der Waals surface area contributed by atoms with Crippen LogP contribution in [0, 0.1) is 5.41 Å². The zero-order chi connectivity index (χ0) is 14.6. The van der Waals surface area contributed by atoms with Gasteiger partial charge in [-0.2, -0.15) is 0 Å².